The average molecular weight is 460 g/mol. The van der Waals surface area contributed by atoms with E-state index in [1.807, 2.05) is 0 Å². The molecule has 2 bridgehead atoms. The molecule has 1 amide bonds. The number of halogens is 2. The number of carbonyl (C=O) groups excluding carboxylic acids is 1. The maximum absolute atomic E-state index is 12.3. The van der Waals surface area contributed by atoms with E-state index in [-0.39, 0.29) is 30.1 Å². The topological polar surface area (TPSA) is 86.5 Å². The van der Waals surface area contributed by atoms with Crippen LogP contribution in [-0.4, -0.2) is 28.2 Å². The Bertz CT molecular complexity index is 1080. The predicted octanol–water partition coefficient (Wildman–Crippen LogP) is 4.32. The number of hydrogen-bond donors (Lipinski definition) is 1. The summed E-state index contributed by atoms with van der Waals surface area (Å²) < 4.78 is 16.6. The van der Waals surface area contributed by atoms with E-state index >= 15 is 0 Å². The predicted molar refractivity (Wildman–Crippen MR) is 113 cm³/mol. The van der Waals surface area contributed by atoms with Crippen LogP contribution in [0.1, 0.15) is 31.0 Å². The average Bonchev–Trinajstić information content (AvgIpc) is 3.17. The van der Waals surface area contributed by atoms with E-state index in [1.54, 1.807) is 48.5 Å². The Morgan fingerprint density at radius 1 is 0.968 bits per heavy atom. The van der Waals surface area contributed by atoms with Gasteiger partial charge in [-0.3, -0.25) is 4.79 Å². The van der Waals surface area contributed by atoms with Crippen molar-refractivity contribution >= 4 is 29.1 Å². The van der Waals surface area contributed by atoms with Gasteiger partial charge in [0.25, 0.3) is 5.91 Å². The highest BCUT2D eigenvalue weighted by Crippen LogP contribution is 2.67. The quantitative estimate of drug-likeness (QED) is 0.539. The molecule has 0 unspecified atom stereocenters. The minimum atomic E-state index is -0.200. The van der Waals surface area contributed by atoms with E-state index in [0.717, 1.165) is 19.3 Å². The van der Waals surface area contributed by atoms with Crippen LogP contribution in [0.4, 0.5) is 0 Å². The molecule has 1 N–H and O–H groups in total. The zero-order chi connectivity index (χ0) is 21.5. The van der Waals surface area contributed by atoms with E-state index in [0.29, 0.717) is 33.3 Å². The van der Waals surface area contributed by atoms with Gasteiger partial charge >= 0.3 is 0 Å². The second-order valence-electron chi connectivity index (χ2n) is 8.14. The highest BCUT2D eigenvalue weighted by atomic mass is 35.5. The van der Waals surface area contributed by atoms with Crippen LogP contribution < -0.4 is 14.8 Å². The van der Waals surface area contributed by atoms with Crippen molar-refractivity contribution in [3.8, 4) is 11.5 Å². The molecule has 1 aromatic heterocycles. The van der Waals surface area contributed by atoms with Crippen LogP contribution in [0.15, 0.2) is 53.1 Å². The van der Waals surface area contributed by atoms with Gasteiger partial charge in [0.2, 0.25) is 11.7 Å². The van der Waals surface area contributed by atoms with Gasteiger partial charge in [-0.15, -0.1) is 0 Å². The van der Waals surface area contributed by atoms with Crippen LogP contribution in [0.5, 0.6) is 11.5 Å². The Hall–Kier alpha value is -2.77. The summed E-state index contributed by atoms with van der Waals surface area (Å²) in [4.78, 5) is 16.8. The third-order valence-corrected chi connectivity index (χ3v) is 6.23. The first kappa shape index (κ1) is 20.2. The van der Waals surface area contributed by atoms with Crippen molar-refractivity contribution in [1.82, 2.24) is 15.5 Å². The van der Waals surface area contributed by atoms with E-state index in [2.05, 4.69) is 15.5 Å². The molecule has 3 aliphatic carbocycles. The summed E-state index contributed by atoms with van der Waals surface area (Å²) in [5, 5.41) is 8.37. The summed E-state index contributed by atoms with van der Waals surface area (Å²) in [6, 6.07) is 14.0. The van der Waals surface area contributed by atoms with Gasteiger partial charge in [0, 0.05) is 15.6 Å². The maximum Gasteiger partial charge on any atom is 0.258 e. The molecule has 1 heterocycles. The molecule has 3 aromatic rings. The minimum Gasteiger partial charge on any atom is -0.485 e. The first-order valence-electron chi connectivity index (χ1n) is 9.85. The van der Waals surface area contributed by atoms with E-state index in [9.17, 15) is 4.79 Å². The fourth-order valence-electron chi connectivity index (χ4n) is 4.37. The van der Waals surface area contributed by atoms with Crippen molar-refractivity contribution < 1.29 is 18.8 Å². The van der Waals surface area contributed by atoms with Crippen LogP contribution in [0.25, 0.3) is 0 Å². The summed E-state index contributed by atoms with van der Waals surface area (Å²) in [6.07, 6.45) is 2.35. The van der Waals surface area contributed by atoms with Crippen LogP contribution in [-0.2, 0) is 16.8 Å². The standard InChI is InChI=1S/C22H19Cl2N3O4/c23-14-1-5-16(6-2-14)29-9-18-25-20(31-27-18)21-11-22(12-21,13-21)26-19(28)10-30-17-7-3-15(24)4-8-17/h1-8H,9-13H2,(H,26,28). The van der Waals surface area contributed by atoms with Crippen molar-refractivity contribution in [3.05, 3.63) is 70.3 Å². The lowest BCUT2D eigenvalue weighted by Crippen LogP contribution is -2.77. The van der Waals surface area contributed by atoms with Gasteiger partial charge in [0.05, 0.1) is 5.41 Å². The molecule has 0 aliphatic heterocycles. The van der Waals surface area contributed by atoms with Gasteiger partial charge < -0.3 is 19.3 Å². The Kier molecular flexibility index (Phi) is 5.02. The summed E-state index contributed by atoms with van der Waals surface area (Å²) in [7, 11) is 0. The summed E-state index contributed by atoms with van der Waals surface area (Å²) in [6.45, 7) is 0.175. The zero-order valence-corrected chi connectivity index (χ0v) is 17.9. The molecule has 3 saturated carbocycles. The molecule has 0 radical (unpaired) electrons. The second kappa shape index (κ2) is 7.73. The minimum absolute atomic E-state index is 0.0386. The Morgan fingerprint density at radius 2 is 1.55 bits per heavy atom. The molecule has 2 aromatic carbocycles. The monoisotopic (exact) mass is 459 g/mol. The largest absolute Gasteiger partial charge is 0.485 e. The Morgan fingerprint density at radius 3 is 2.16 bits per heavy atom. The number of nitrogens with one attached hydrogen (secondary N) is 1. The number of ether oxygens (including phenoxy) is 2. The van der Waals surface area contributed by atoms with Crippen molar-refractivity contribution in [1.29, 1.82) is 0 Å². The molecule has 7 nitrogen and oxygen atoms in total. The summed E-state index contributed by atoms with van der Waals surface area (Å²) in [5.41, 5.74) is -0.343. The fourth-order valence-corrected chi connectivity index (χ4v) is 4.62. The number of nitrogens with zero attached hydrogens (tertiary/aromatic N) is 2. The molecule has 6 rings (SSSR count). The van der Waals surface area contributed by atoms with Crippen molar-refractivity contribution in [3.63, 3.8) is 0 Å². The van der Waals surface area contributed by atoms with Crippen LogP contribution in [0.3, 0.4) is 0 Å². The third-order valence-electron chi connectivity index (χ3n) is 5.72. The van der Waals surface area contributed by atoms with Gasteiger partial charge in [-0.25, -0.2) is 0 Å². The molecule has 3 aliphatic rings. The Labute approximate surface area is 188 Å². The van der Waals surface area contributed by atoms with Crippen LogP contribution in [0.2, 0.25) is 10.0 Å². The lowest BCUT2D eigenvalue weighted by molar-refractivity contribution is -0.143. The second-order valence-corrected chi connectivity index (χ2v) is 9.01. The summed E-state index contributed by atoms with van der Waals surface area (Å²) in [5.74, 6) is 2.24. The molecule has 0 saturated heterocycles. The number of hydrogen-bond acceptors (Lipinski definition) is 6. The first-order valence-corrected chi connectivity index (χ1v) is 10.6. The van der Waals surface area contributed by atoms with Gasteiger partial charge in [-0.05, 0) is 67.8 Å². The third kappa shape index (κ3) is 4.07. The maximum atomic E-state index is 12.3. The highest BCUT2D eigenvalue weighted by molar-refractivity contribution is 6.30. The number of amides is 1. The Balaban J connectivity index is 1.09. The number of carbonyl (C=O) groups is 1. The van der Waals surface area contributed by atoms with Gasteiger partial charge in [-0.1, -0.05) is 28.4 Å². The van der Waals surface area contributed by atoms with Crippen LogP contribution in [0, 0.1) is 0 Å². The fraction of sp³-hybridized carbons (Fsp3) is 0.318. The van der Waals surface area contributed by atoms with E-state index in [4.69, 9.17) is 37.2 Å². The van der Waals surface area contributed by atoms with Crippen molar-refractivity contribution in [2.45, 2.75) is 36.8 Å². The SMILES string of the molecule is O=C(COc1ccc(Cl)cc1)NC12CC(c3nc(COc4ccc(Cl)cc4)no3)(C1)C2. The first-order chi connectivity index (χ1) is 14.9. The lowest BCUT2D eigenvalue weighted by atomic mass is 9.39. The molecular formula is C22H19Cl2N3O4. The van der Waals surface area contributed by atoms with Crippen molar-refractivity contribution in [2.24, 2.45) is 0 Å². The molecule has 0 atom stereocenters. The smallest absolute Gasteiger partial charge is 0.258 e. The zero-order valence-electron chi connectivity index (χ0n) is 16.4. The molecular weight excluding hydrogens is 441 g/mol. The van der Waals surface area contributed by atoms with Crippen molar-refractivity contribution in [2.75, 3.05) is 6.61 Å². The molecule has 31 heavy (non-hydrogen) atoms. The van der Waals surface area contributed by atoms with Gasteiger partial charge in [0.1, 0.15) is 11.5 Å². The normalized spacial score (nSPS) is 23.4. The lowest BCUT2D eigenvalue weighted by Gasteiger charge is -2.68. The van der Waals surface area contributed by atoms with Gasteiger partial charge in [-0.2, -0.15) is 4.98 Å². The van der Waals surface area contributed by atoms with E-state index in [1.165, 1.54) is 0 Å². The highest BCUT2D eigenvalue weighted by Gasteiger charge is 2.71. The number of rotatable bonds is 8. The number of aromatic nitrogens is 2. The molecule has 160 valence electrons. The van der Waals surface area contributed by atoms with E-state index < -0.39 is 0 Å². The van der Waals surface area contributed by atoms with Crippen LogP contribution >= 0.6 is 23.2 Å². The molecule has 3 fully saturated rings. The van der Waals surface area contributed by atoms with Gasteiger partial charge in [0.15, 0.2) is 13.2 Å². The summed E-state index contributed by atoms with van der Waals surface area (Å²) >= 11 is 11.7. The molecule has 9 heteroatoms. The number of benzene rings is 2. The molecule has 0 spiro atoms.